The largest absolute Gasteiger partial charge is 0.456 e. The predicted octanol–water partition coefficient (Wildman–Crippen LogP) is 1.26. The molecule has 0 aliphatic rings. The number of Topliss-reactive ketones (excluding diaryl/α,β-unsaturated/α-hetero) is 1. The van der Waals surface area contributed by atoms with Crippen LogP contribution in [-0.2, 0) is 25.5 Å². The van der Waals surface area contributed by atoms with Crippen LogP contribution in [0.5, 0.6) is 0 Å². The van der Waals surface area contributed by atoms with Gasteiger partial charge in [0.2, 0.25) is 5.91 Å². The van der Waals surface area contributed by atoms with Gasteiger partial charge in [-0.05, 0) is 12.5 Å². The highest BCUT2D eigenvalue weighted by atomic mass is 16.5. The van der Waals surface area contributed by atoms with Crippen LogP contribution in [0.4, 0.5) is 0 Å². The molecule has 108 valence electrons. The number of amides is 1. The van der Waals surface area contributed by atoms with Crippen LogP contribution in [0.2, 0.25) is 0 Å². The molecular formula is C15H19NO4. The van der Waals surface area contributed by atoms with E-state index >= 15 is 0 Å². The molecular weight excluding hydrogens is 258 g/mol. The second-order valence-corrected chi connectivity index (χ2v) is 4.47. The van der Waals surface area contributed by atoms with Gasteiger partial charge < -0.3 is 10.1 Å². The Morgan fingerprint density at radius 1 is 1.20 bits per heavy atom. The van der Waals surface area contributed by atoms with Gasteiger partial charge in [0.25, 0.3) is 0 Å². The van der Waals surface area contributed by atoms with Crippen molar-refractivity contribution in [3.8, 4) is 0 Å². The van der Waals surface area contributed by atoms with Crippen LogP contribution in [0, 0.1) is 0 Å². The molecule has 0 spiro atoms. The van der Waals surface area contributed by atoms with Crippen LogP contribution in [-0.4, -0.2) is 30.3 Å². The summed E-state index contributed by atoms with van der Waals surface area (Å²) in [4.78, 5) is 34.2. The van der Waals surface area contributed by atoms with E-state index in [4.69, 9.17) is 4.74 Å². The minimum absolute atomic E-state index is 0.231. The van der Waals surface area contributed by atoms with Crippen LogP contribution in [0.15, 0.2) is 30.3 Å². The van der Waals surface area contributed by atoms with Gasteiger partial charge in [-0.25, -0.2) is 4.79 Å². The number of carbonyl (C=O) groups is 3. The maximum atomic E-state index is 11.9. The fourth-order valence-corrected chi connectivity index (χ4v) is 1.61. The van der Waals surface area contributed by atoms with E-state index in [9.17, 15) is 14.4 Å². The number of hydrogen-bond donors (Lipinski definition) is 1. The van der Waals surface area contributed by atoms with Crippen molar-refractivity contribution in [2.24, 2.45) is 0 Å². The van der Waals surface area contributed by atoms with Crippen LogP contribution in [0.1, 0.15) is 25.8 Å². The van der Waals surface area contributed by atoms with Crippen LogP contribution in [0.25, 0.3) is 0 Å². The summed E-state index contributed by atoms with van der Waals surface area (Å²) in [6, 6.07) is 8.54. The first kappa shape index (κ1) is 15.9. The van der Waals surface area contributed by atoms with Gasteiger partial charge in [0.05, 0.1) is 0 Å². The molecule has 1 atom stereocenters. The average Bonchev–Trinajstić information content (AvgIpc) is 2.44. The Labute approximate surface area is 118 Å². The summed E-state index contributed by atoms with van der Waals surface area (Å²) < 4.78 is 4.88. The first-order valence-corrected chi connectivity index (χ1v) is 6.52. The molecule has 0 radical (unpaired) electrons. The molecule has 1 amide bonds. The van der Waals surface area contributed by atoms with Gasteiger partial charge in [0, 0.05) is 12.8 Å². The quantitative estimate of drug-likeness (QED) is 0.761. The second kappa shape index (κ2) is 8.09. The van der Waals surface area contributed by atoms with Crippen molar-refractivity contribution in [1.82, 2.24) is 5.32 Å². The van der Waals surface area contributed by atoms with Crippen molar-refractivity contribution in [3.05, 3.63) is 35.9 Å². The molecule has 1 aromatic carbocycles. The number of ketones is 1. The predicted molar refractivity (Wildman–Crippen MR) is 74.0 cm³/mol. The Morgan fingerprint density at radius 3 is 2.40 bits per heavy atom. The Bertz CT molecular complexity index is 470. The summed E-state index contributed by atoms with van der Waals surface area (Å²) in [5, 5.41) is 2.61. The molecule has 20 heavy (non-hydrogen) atoms. The highest BCUT2D eigenvalue weighted by molar-refractivity contribution is 5.86. The van der Waals surface area contributed by atoms with E-state index in [-0.39, 0.29) is 24.7 Å². The smallest absolute Gasteiger partial charge is 0.329 e. The van der Waals surface area contributed by atoms with Crippen molar-refractivity contribution in [2.75, 3.05) is 6.61 Å². The van der Waals surface area contributed by atoms with Gasteiger partial charge >= 0.3 is 5.97 Å². The summed E-state index contributed by atoms with van der Waals surface area (Å²) in [7, 11) is 0. The van der Waals surface area contributed by atoms with E-state index in [1.807, 2.05) is 30.3 Å². The fraction of sp³-hybridized carbons (Fsp3) is 0.400. The third kappa shape index (κ3) is 5.65. The maximum absolute atomic E-state index is 11.9. The van der Waals surface area contributed by atoms with Crippen molar-refractivity contribution >= 4 is 17.7 Å². The molecule has 0 fully saturated rings. The third-order valence-electron chi connectivity index (χ3n) is 2.64. The van der Waals surface area contributed by atoms with Crippen LogP contribution >= 0.6 is 0 Å². The monoisotopic (exact) mass is 277 g/mol. The van der Waals surface area contributed by atoms with Gasteiger partial charge in [-0.1, -0.05) is 37.3 Å². The van der Waals surface area contributed by atoms with Crippen molar-refractivity contribution in [1.29, 1.82) is 0 Å². The molecule has 0 aliphatic heterocycles. The topological polar surface area (TPSA) is 72.5 Å². The van der Waals surface area contributed by atoms with Crippen molar-refractivity contribution < 1.29 is 19.1 Å². The van der Waals surface area contributed by atoms with E-state index < -0.39 is 12.0 Å². The number of esters is 1. The Balaban J connectivity index is 2.71. The van der Waals surface area contributed by atoms with E-state index in [1.165, 1.54) is 6.92 Å². The zero-order valence-electron chi connectivity index (χ0n) is 11.7. The summed E-state index contributed by atoms with van der Waals surface area (Å²) >= 11 is 0. The van der Waals surface area contributed by atoms with Gasteiger partial charge in [0.1, 0.15) is 12.6 Å². The highest BCUT2D eigenvalue weighted by Gasteiger charge is 2.22. The summed E-state index contributed by atoms with van der Waals surface area (Å²) in [6.45, 7) is 2.77. The van der Waals surface area contributed by atoms with E-state index in [0.29, 0.717) is 6.42 Å². The third-order valence-corrected chi connectivity index (χ3v) is 2.64. The zero-order valence-corrected chi connectivity index (χ0v) is 11.7. The van der Waals surface area contributed by atoms with Crippen molar-refractivity contribution in [3.63, 3.8) is 0 Å². The van der Waals surface area contributed by atoms with Gasteiger partial charge in [0.15, 0.2) is 5.78 Å². The van der Waals surface area contributed by atoms with Crippen molar-refractivity contribution in [2.45, 2.75) is 32.7 Å². The standard InChI is InChI=1S/C15H19NO4/c1-3-14(18)16-13(15(19)20-10-11(2)17)9-12-7-5-4-6-8-12/h4-8,13H,3,9-10H2,1-2H3,(H,16,18). The minimum atomic E-state index is -0.774. The average molecular weight is 277 g/mol. The number of rotatable bonds is 7. The normalized spacial score (nSPS) is 11.5. The lowest BCUT2D eigenvalue weighted by Crippen LogP contribution is -2.43. The first-order valence-electron chi connectivity index (χ1n) is 6.52. The van der Waals surface area contributed by atoms with E-state index in [2.05, 4.69) is 5.32 Å². The first-order chi connectivity index (χ1) is 9.52. The molecule has 0 bridgehead atoms. The lowest BCUT2D eigenvalue weighted by Gasteiger charge is -2.17. The fourth-order valence-electron chi connectivity index (χ4n) is 1.61. The lowest BCUT2D eigenvalue weighted by atomic mass is 10.1. The molecule has 5 nitrogen and oxygen atoms in total. The number of nitrogens with one attached hydrogen (secondary N) is 1. The molecule has 0 aliphatic carbocycles. The second-order valence-electron chi connectivity index (χ2n) is 4.47. The summed E-state index contributed by atoms with van der Waals surface area (Å²) in [6.07, 6.45) is 0.620. The van der Waals surface area contributed by atoms with Gasteiger partial charge in [-0.2, -0.15) is 0 Å². The SMILES string of the molecule is CCC(=O)NC(Cc1ccccc1)C(=O)OCC(C)=O. The van der Waals surface area contributed by atoms with Gasteiger partial charge in [-0.3, -0.25) is 9.59 Å². The molecule has 1 N–H and O–H groups in total. The van der Waals surface area contributed by atoms with Gasteiger partial charge in [-0.15, -0.1) is 0 Å². The Hall–Kier alpha value is -2.17. The van der Waals surface area contributed by atoms with Crippen LogP contribution in [0.3, 0.4) is 0 Å². The molecule has 5 heteroatoms. The minimum Gasteiger partial charge on any atom is -0.456 e. The lowest BCUT2D eigenvalue weighted by molar-refractivity contribution is -0.150. The number of benzene rings is 1. The van der Waals surface area contributed by atoms with E-state index in [1.54, 1.807) is 6.92 Å². The molecule has 0 aromatic heterocycles. The number of carbonyl (C=O) groups excluding carboxylic acids is 3. The molecule has 0 saturated carbocycles. The summed E-state index contributed by atoms with van der Waals surface area (Å²) in [5.41, 5.74) is 0.911. The highest BCUT2D eigenvalue weighted by Crippen LogP contribution is 2.05. The Kier molecular flexibility index (Phi) is 6.43. The Morgan fingerprint density at radius 2 is 1.85 bits per heavy atom. The maximum Gasteiger partial charge on any atom is 0.329 e. The van der Waals surface area contributed by atoms with E-state index in [0.717, 1.165) is 5.56 Å². The number of ether oxygens (including phenoxy) is 1. The summed E-state index contributed by atoms with van der Waals surface area (Å²) in [5.74, 6) is -1.06. The molecule has 1 aromatic rings. The number of hydrogen-bond acceptors (Lipinski definition) is 4. The molecule has 0 heterocycles. The zero-order chi connectivity index (χ0) is 15.0. The molecule has 0 saturated heterocycles. The van der Waals surface area contributed by atoms with Crippen LogP contribution < -0.4 is 5.32 Å². The molecule has 1 rings (SSSR count). The molecule has 1 unspecified atom stereocenters.